The molecule has 1 heterocycles. The first-order valence-electron chi connectivity index (χ1n) is 3.85. The molecule has 1 atom stereocenters. The summed E-state index contributed by atoms with van der Waals surface area (Å²) in [7, 11) is 1.87. The van der Waals surface area contributed by atoms with Gasteiger partial charge in [0.05, 0.1) is 0 Å². The molecule has 3 heteroatoms. The fourth-order valence-electron chi connectivity index (χ4n) is 1.80. The van der Waals surface area contributed by atoms with Crippen molar-refractivity contribution in [2.75, 3.05) is 13.6 Å². The van der Waals surface area contributed by atoms with Crippen LogP contribution in [-0.2, 0) is 4.79 Å². The molecule has 1 aliphatic heterocycles. The van der Waals surface area contributed by atoms with E-state index in [4.69, 9.17) is 5.11 Å². The molecule has 64 valence electrons. The molecule has 0 aliphatic carbocycles. The van der Waals surface area contributed by atoms with Crippen molar-refractivity contribution in [2.45, 2.75) is 26.3 Å². The molecule has 3 nitrogen and oxygen atoms in total. The zero-order valence-electron chi connectivity index (χ0n) is 7.29. The van der Waals surface area contributed by atoms with Gasteiger partial charge >= 0.3 is 5.97 Å². The molecule has 1 N–H and O–H groups in total. The van der Waals surface area contributed by atoms with Crippen molar-refractivity contribution in [1.29, 1.82) is 0 Å². The summed E-state index contributed by atoms with van der Waals surface area (Å²) in [5, 5.41) is 8.77. The number of likely N-dealkylation sites (N-methyl/N-ethyl adjacent to an activating group) is 1. The third-order valence-corrected chi connectivity index (χ3v) is 2.24. The van der Waals surface area contributed by atoms with Crippen LogP contribution < -0.4 is 0 Å². The van der Waals surface area contributed by atoms with E-state index in [2.05, 4.69) is 13.8 Å². The third-order valence-electron chi connectivity index (χ3n) is 2.24. The third kappa shape index (κ3) is 1.71. The molecule has 0 aromatic carbocycles. The Bertz CT molecular complexity index is 177. The Kier molecular flexibility index (Phi) is 1.92. The average Bonchev–Trinajstić information content (AvgIpc) is 2.05. The number of carboxylic acids is 1. The van der Waals surface area contributed by atoms with Gasteiger partial charge in [-0.1, -0.05) is 13.8 Å². The second-order valence-corrected chi connectivity index (χ2v) is 4.14. The summed E-state index contributed by atoms with van der Waals surface area (Å²) in [6, 6.07) is -0.273. The van der Waals surface area contributed by atoms with Gasteiger partial charge in [-0.05, 0) is 18.9 Å². The minimum atomic E-state index is -0.696. The van der Waals surface area contributed by atoms with Crippen LogP contribution in [0.5, 0.6) is 0 Å². The van der Waals surface area contributed by atoms with Gasteiger partial charge in [0.1, 0.15) is 6.04 Å². The standard InChI is InChI=1S/C8H15NO2/c1-8(2)4-6(7(10)11)9(3)5-8/h6H,4-5H2,1-3H3,(H,10,11). The maximum absolute atomic E-state index is 10.7. The summed E-state index contributed by atoms with van der Waals surface area (Å²) in [4.78, 5) is 12.6. The molecule has 1 aliphatic rings. The predicted molar refractivity (Wildman–Crippen MR) is 42.5 cm³/mol. The molecule has 1 unspecified atom stereocenters. The largest absolute Gasteiger partial charge is 0.480 e. The molecular formula is C8H15NO2. The molecular weight excluding hydrogens is 142 g/mol. The summed E-state index contributed by atoms with van der Waals surface area (Å²) in [5.41, 5.74) is 0.164. The summed E-state index contributed by atoms with van der Waals surface area (Å²) in [6.45, 7) is 5.09. The summed E-state index contributed by atoms with van der Waals surface area (Å²) in [6.07, 6.45) is 0.763. The van der Waals surface area contributed by atoms with Gasteiger partial charge in [0.15, 0.2) is 0 Å². The Morgan fingerprint density at radius 3 is 2.36 bits per heavy atom. The lowest BCUT2D eigenvalue weighted by molar-refractivity contribution is -0.141. The average molecular weight is 157 g/mol. The maximum Gasteiger partial charge on any atom is 0.320 e. The zero-order valence-corrected chi connectivity index (χ0v) is 7.29. The van der Waals surface area contributed by atoms with E-state index in [1.165, 1.54) is 0 Å². The summed E-state index contributed by atoms with van der Waals surface area (Å²) >= 11 is 0. The lowest BCUT2D eigenvalue weighted by atomic mass is 9.91. The van der Waals surface area contributed by atoms with E-state index in [9.17, 15) is 4.79 Å². The molecule has 0 aromatic rings. The number of aliphatic carboxylic acids is 1. The van der Waals surface area contributed by atoms with Gasteiger partial charge in [-0.2, -0.15) is 0 Å². The van der Waals surface area contributed by atoms with Gasteiger partial charge in [0.25, 0.3) is 0 Å². The predicted octanol–water partition coefficient (Wildman–Crippen LogP) is 0.801. The van der Waals surface area contributed by atoms with Gasteiger partial charge in [0.2, 0.25) is 0 Å². The second-order valence-electron chi connectivity index (χ2n) is 4.14. The van der Waals surface area contributed by atoms with Crippen molar-refractivity contribution in [2.24, 2.45) is 5.41 Å². The van der Waals surface area contributed by atoms with Crippen LogP contribution in [-0.4, -0.2) is 35.6 Å². The van der Waals surface area contributed by atoms with E-state index < -0.39 is 5.97 Å². The molecule has 0 radical (unpaired) electrons. The summed E-state index contributed by atoms with van der Waals surface area (Å²) < 4.78 is 0. The highest BCUT2D eigenvalue weighted by Crippen LogP contribution is 2.32. The van der Waals surface area contributed by atoms with E-state index >= 15 is 0 Å². The van der Waals surface area contributed by atoms with Crippen molar-refractivity contribution in [3.8, 4) is 0 Å². The van der Waals surface area contributed by atoms with Gasteiger partial charge in [-0.3, -0.25) is 9.69 Å². The second kappa shape index (κ2) is 2.48. The number of hydrogen-bond donors (Lipinski definition) is 1. The number of hydrogen-bond acceptors (Lipinski definition) is 2. The van der Waals surface area contributed by atoms with Crippen LogP contribution in [0.3, 0.4) is 0 Å². The van der Waals surface area contributed by atoms with Crippen molar-refractivity contribution < 1.29 is 9.90 Å². The molecule has 1 rings (SSSR count). The Morgan fingerprint density at radius 1 is 1.64 bits per heavy atom. The molecule has 1 fully saturated rings. The van der Waals surface area contributed by atoms with Crippen molar-refractivity contribution in [3.05, 3.63) is 0 Å². The van der Waals surface area contributed by atoms with E-state index in [0.29, 0.717) is 0 Å². The molecule has 0 aromatic heterocycles. The van der Waals surface area contributed by atoms with Crippen LogP contribution >= 0.6 is 0 Å². The van der Waals surface area contributed by atoms with Gasteiger partial charge in [-0.25, -0.2) is 0 Å². The quantitative estimate of drug-likeness (QED) is 0.612. The minimum Gasteiger partial charge on any atom is -0.480 e. The fraction of sp³-hybridized carbons (Fsp3) is 0.875. The molecule has 0 saturated carbocycles. The maximum atomic E-state index is 10.7. The highest BCUT2D eigenvalue weighted by molar-refractivity contribution is 5.74. The first-order chi connectivity index (χ1) is 4.92. The van der Waals surface area contributed by atoms with Crippen LogP contribution in [0.1, 0.15) is 20.3 Å². The number of carboxylic acid groups (broad SMARTS) is 1. The van der Waals surface area contributed by atoms with Gasteiger partial charge in [-0.15, -0.1) is 0 Å². The van der Waals surface area contributed by atoms with Gasteiger partial charge < -0.3 is 5.11 Å². The van der Waals surface area contributed by atoms with Crippen molar-refractivity contribution in [1.82, 2.24) is 4.90 Å². The Morgan fingerprint density at radius 2 is 2.18 bits per heavy atom. The first kappa shape index (κ1) is 8.53. The highest BCUT2D eigenvalue weighted by atomic mass is 16.4. The number of carbonyl (C=O) groups is 1. The van der Waals surface area contributed by atoms with Crippen molar-refractivity contribution in [3.63, 3.8) is 0 Å². The van der Waals surface area contributed by atoms with Crippen LogP contribution in [0.4, 0.5) is 0 Å². The van der Waals surface area contributed by atoms with Crippen LogP contribution in [0, 0.1) is 5.41 Å². The highest BCUT2D eigenvalue weighted by Gasteiger charge is 2.38. The molecule has 0 amide bonds. The molecule has 1 saturated heterocycles. The topological polar surface area (TPSA) is 40.5 Å². The van der Waals surface area contributed by atoms with Crippen molar-refractivity contribution >= 4 is 5.97 Å². The Labute approximate surface area is 67.0 Å². The van der Waals surface area contributed by atoms with E-state index in [1.807, 2.05) is 11.9 Å². The first-order valence-corrected chi connectivity index (χ1v) is 3.85. The Balaban J connectivity index is 2.66. The van der Waals surface area contributed by atoms with Crippen LogP contribution in [0.2, 0.25) is 0 Å². The lowest BCUT2D eigenvalue weighted by Crippen LogP contribution is -2.32. The molecule has 11 heavy (non-hydrogen) atoms. The number of likely N-dealkylation sites (tertiary alicyclic amines) is 1. The van der Waals surface area contributed by atoms with Crippen LogP contribution in [0.15, 0.2) is 0 Å². The van der Waals surface area contributed by atoms with E-state index in [1.54, 1.807) is 0 Å². The fourth-order valence-corrected chi connectivity index (χ4v) is 1.80. The minimum absolute atomic E-state index is 0.164. The van der Waals surface area contributed by atoms with Crippen LogP contribution in [0.25, 0.3) is 0 Å². The summed E-state index contributed by atoms with van der Waals surface area (Å²) in [5.74, 6) is -0.696. The Hall–Kier alpha value is -0.570. The number of rotatable bonds is 1. The monoisotopic (exact) mass is 157 g/mol. The smallest absolute Gasteiger partial charge is 0.320 e. The van der Waals surface area contributed by atoms with Gasteiger partial charge in [0, 0.05) is 6.54 Å². The molecule has 0 bridgehead atoms. The number of nitrogens with zero attached hydrogens (tertiary/aromatic N) is 1. The molecule has 0 spiro atoms. The SMILES string of the molecule is CN1CC(C)(C)CC1C(=O)O. The van der Waals surface area contributed by atoms with E-state index in [-0.39, 0.29) is 11.5 Å². The zero-order chi connectivity index (χ0) is 8.65. The normalized spacial score (nSPS) is 30.6. The lowest BCUT2D eigenvalue weighted by Gasteiger charge is -2.15. The van der Waals surface area contributed by atoms with E-state index in [0.717, 1.165) is 13.0 Å².